The smallest absolute Gasteiger partial charge is 0.0702 e. The van der Waals surface area contributed by atoms with Gasteiger partial charge in [-0.3, -0.25) is 0 Å². The second-order valence-corrected chi connectivity index (χ2v) is 5.00. The van der Waals surface area contributed by atoms with Gasteiger partial charge in [-0.1, -0.05) is 13.8 Å². The van der Waals surface area contributed by atoms with E-state index in [2.05, 4.69) is 31.1 Å². The minimum absolute atomic E-state index is 0.486. The normalized spacial score (nSPS) is 21.8. The third-order valence-corrected chi connectivity index (χ3v) is 2.76. The van der Waals surface area contributed by atoms with Crippen LogP contribution in [0.5, 0.6) is 0 Å². The van der Waals surface area contributed by atoms with E-state index in [0.717, 1.165) is 38.7 Å². The van der Waals surface area contributed by atoms with Crippen LogP contribution in [0.3, 0.4) is 0 Å². The summed E-state index contributed by atoms with van der Waals surface area (Å²) in [5.41, 5.74) is 0. The van der Waals surface area contributed by atoms with Gasteiger partial charge in [-0.25, -0.2) is 0 Å². The standard InChI is InChI=1S/C12H26N2O/c1-11(2)9-13-6-7-14(3)10-12-5-4-8-15-12/h11-13H,4-10H2,1-3H3/t12-/m1/s1. The molecular weight excluding hydrogens is 188 g/mol. The zero-order valence-electron chi connectivity index (χ0n) is 10.5. The number of nitrogens with one attached hydrogen (secondary N) is 1. The highest BCUT2D eigenvalue weighted by Crippen LogP contribution is 2.12. The topological polar surface area (TPSA) is 24.5 Å². The molecule has 1 rings (SSSR count). The molecule has 0 aromatic rings. The highest BCUT2D eigenvalue weighted by Gasteiger charge is 2.16. The Morgan fingerprint density at radius 3 is 2.87 bits per heavy atom. The van der Waals surface area contributed by atoms with Crippen LogP contribution >= 0.6 is 0 Å². The first kappa shape index (κ1) is 12.9. The van der Waals surface area contributed by atoms with E-state index in [1.807, 2.05) is 0 Å². The Balaban J connectivity index is 1.95. The van der Waals surface area contributed by atoms with Gasteiger partial charge in [-0.05, 0) is 32.4 Å². The number of ether oxygens (including phenoxy) is 1. The number of hydrogen-bond donors (Lipinski definition) is 1. The second-order valence-electron chi connectivity index (χ2n) is 5.00. The quantitative estimate of drug-likeness (QED) is 0.647. The Bertz CT molecular complexity index is 156. The van der Waals surface area contributed by atoms with Crippen LogP contribution in [0.2, 0.25) is 0 Å². The summed E-state index contributed by atoms with van der Waals surface area (Å²) in [5, 5.41) is 3.46. The molecule has 0 unspecified atom stereocenters. The maximum atomic E-state index is 5.61. The molecule has 0 radical (unpaired) electrons. The summed E-state index contributed by atoms with van der Waals surface area (Å²) in [4.78, 5) is 2.36. The molecule has 0 bridgehead atoms. The Morgan fingerprint density at radius 2 is 2.27 bits per heavy atom. The lowest BCUT2D eigenvalue weighted by molar-refractivity contribution is 0.0814. The van der Waals surface area contributed by atoms with Crippen LogP contribution in [0.4, 0.5) is 0 Å². The van der Waals surface area contributed by atoms with E-state index in [4.69, 9.17) is 4.74 Å². The van der Waals surface area contributed by atoms with Crippen molar-refractivity contribution in [3.05, 3.63) is 0 Å². The zero-order chi connectivity index (χ0) is 11.1. The first-order valence-corrected chi connectivity index (χ1v) is 6.19. The van der Waals surface area contributed by atoms with Crippen LogP contribution in [-0.2, 0) is 4.74 Å². The molecule has 3 nitrogen and oxygen atoms in total. The van der Waals surface area contributed by atoms with Gasteiger partial charge in [0.25, 0.3) is 0 Å². The van der Waals surface area contributed by atoms with Crippen molar-refractivity contribution in [3.63, 3.8) is 0 Å². The Hall–Kier alpha value is -0.120. The Kier molecular flexibility index (Phi) is 6.22. The average Bonchev–Trinajstić information content (AvgIpc) is 2.64. The summed E-state index contributed by atoms with van der Waals surface area (Å²) >= 11 is 0. The fourth-order valence-corrected chi connectivity index (χ4v) is 1.89. The van der Waals surface area contributed by atoms with Crippen molar-refractivity contribution < 1.29 is 4.74 Å². The summed E-state index contributed by atoms with van der Waals surface area (Å²) in [6, 6.07) is 0. The summed E-state index contributed by atoms with van der Waals surface area (Å²) < 4.78 is 5.61. The van der Waals surface area contributed by atoms with Crippen LogP contribution in [0, 0.1) is 5.92 Å². The van der Waals surface area contributed by atoms with Crippen molar-refractivity contribution in [1.82, 2.24) is 10.2 Å². The number of nitrogens with zero attached hydrogens (tertiary/aromatic N) is 1. The molecular formula is C12H26N2O. The highest BCUT2D eigenvalue weighted by molar-refractivity contribution is 4.69. The molecule has 1 saturated heterocycles. The first-order valence-electron chi connectivity index (χ1n) is 6.19. The van der Waals surface area contributed by atoms with E-state index in [-0.39, 0.29) is 0 Å². The monoisotopic (exact) mass is 214 g/mol. The van der Waals surface area contributed by atoms with Crippen molar-refractivity contribution >= 4 is 0 Å². The highest BCUT2D eigenvalue weighted by atomic mass is 16.5. The minimum Gasteiger partial charge on any atom is -0.377 e. The van der Waals surface area contributed by atoms with Crippen molar-refractivity contribution in [2.75, 3.05) is 39.8 Å². The van der Waals surface area contributed by atoms with E-state index >= 15 is 0 Å². The summed E-state index contributed by atoms with van der Waals surface area (Å²) in [6.45, 7) is 9.85. The van der Waals surface area contributed by atoms with Crippen molar-refractivity contribution in [3.8, 4) is 0 Å². The molecule has 90 valence electrons. The predicted octanol–water partition coefficient (Wildman–Crippen LogP) is 1.34. The van der Waals surface area contributed by atoms with Gasteiger partial charge in [0, 0.05) is 26.2 Å². The maximum absolute atomic E-state index is 5.61. The molecule has 0 amide bonds. The summed E-state index contributed by atoms with van der Waals surface area (Å²) in [7, 11) is 2.18. The zero-order valence-corrected chi connectivity index (χ0v) is 10.5. The molecule has 0 spiro atoms. The number of likely N-dealkylation sites (N-methyl/N-ethyl adjacent to an activating group) is 1. The van der Waals surface area contributed by atoms with E-state index in [1.165, 1.54) is 12.8 Å². The molecule has 15 heavy (non-hydrogen) atoms. The number of rotatable bonds is 7. The third kappa shape index (κ3) is 6.13. The van der Waals surface area contributed by atoms with Crippen LogP contribution in [0.1, 0.15) is 26.7 Å². The average molecular weight is 214 g/mol. The molecule has 1 heterocycles. The van der Waals surface area contributed by atoms with E-state index in [1.54, 1.807) is 0 Å². The first-order chi connectivity index (χ1) is 7.18. The van der Waals surface area contributed by atoms with E-state index in [0.29, 0.717) is 6.10 Å². The fourth-order valence-electron chi connectivity index (χ4n) is 1.89. The molecule has 0 aliphatic carbocycles. The van der Waals surface area contributed by atoms with Crippen molar-refractivity contribution in [2.45, 2.75) is 32.8 Å². The lowest BCUT2D eigenvalue weighted by Crippen LogP contribution is -2.35. The summed E-state index contributed by atoms with van der Waals surface area (Å²) in [5.74, 6) is 0.744. The van der Waals surface area contributed by atoms with Gasteiger partial charge in [-0.15, -0.1) is 0 Å². The maximum Gasteiger partial charge on any atom is 0.0702 e. The number of hydrogen-bond acceptors (Lipinski definition) is 3. The van der Waals surface area contributed by atoms with Gasteiger partial charge >= 0.3 is 0 Å². The molecule has 1 aliphatic rings. The SMILES string of the molecule is CC(C)CNCCN(C)C[C@H]1CCCO1. The second kappa shape index (κ2) is 7.20. The van der Waals surface area contributed by atoms with Gasteiger partial charge < -0.3 is 15.0 Å². The molecule has 1 N–H and O–H groups in total. The predicted molar refractivity (Wildman–Crippen MR) is 64.2 cm³/mol. The Morgan fingerprint density at radius 1 is 1.47 bits per heavy atom. The van der Waals surface area contributed by atoms with Gasteiger partial charge in [0.05, 0.1) is 6.10 Å². The fraction of sp³-hybridized carbons (Fsp3) is 1.00. The third-order valence-electron chi connectivity index (χ3n) is 2.76. The lowest BCUT2D eigenvalue weighted by atomic mass is 10.2. The van der Waals surface area contributed by atoms with Crippen LogP contribution in [0.15, 0.2) is 0 Å². The molecule has 3 heteroatoms. The van der Waals surface area contributed by atoms with Crippen molar-refractivity contribution in [1.29, 1.82) is 0 Å². The van der Waals surface area contributed by atoms with Gasteiger partial charge in [-0.2, -0.15) is 0 Å². The van der Waals surface area contributed by atoms with Gasteiger partial charge in [0.2, 0.25) is 0 Å². The Labute approximate surface area is 94.2 Å². The minimum atomic E-state index is 0.486. The summed E-state index contributed by atoms with van der Waals surface area (Å²) in [6.07, 6.45) is 2.97. The van der Waals surface area contributed by atoms with E-state index < -0.39 is 0 Å². The largest absolute Gasteiger partial charge is 0.377 e. The van der Waals surface area contributed by atoms with Crippen LogP contribution in [0.25, 0.3) is 0 Å². The van der Waals surface area contributed by atoms with Crippen LogP contribution < -0.4 is 5.32 Å². The van der Waals surface area contributed by atoms with Crippen molar-refractivity contribution in [2.24, 2.45) is 5.92 Å². The molecule has 1 atom stereocenters. The van der Waals surface area contributed by atoms with E-state index in [9.17, 15) is 0 Å². The molecule has 1 aliphatic heterocycles. The van der Waals surface area contributed by atoms with Gasteiger partial charge in [0.1, 0.15) is 0 Å². The lowest BCUT2D eigenvalue weighted by Gasteiger charge is -2.20. The molecule has 0 aromatic heterocycles. The molecule has 0 aromatic carbocycles. The molecule has 0 saturated carbocycles. The molecule has 1 fully saturated rings. The van der Waals surface area contributed by atoms with Gasteiger partial charge in [0.15, 0.2) is 0 Å². The van der Waals surface area contributed by atoms with Crippen LogP contribution in [-0.4, -0.2) is 50.8 Å².